The number of amides is 1. The topological polar surface area (TPSA) is 29.1 Å². The first-order valence-electron chi connectivity index (χ1n) is 11.1. The van der Waals surface area contributed by atoms with Crippen molar-refractivity contribution in [1.82, 2.24) is 5.32 Å². The van der Waals surface area contributed by atoms with E-state index in [4.69, 9.17) is 0 Å². The molecule has 1 N–H and O–H groups in total. The number of benzene rings is 1. The van der Waals surface area contributed by atoms with Gasteiger partial charge in [-0.25, -0.2) is 0 Å². The van der Waals surface area contributed by atoms with E-state index in [2.05, 4.69) is 64.2 Å². The van der Waals surface area contributed by atoms with Crippen molar-refractivity contribution in [3.8, 4) is 0 Å². The maximum Gasteiger partial charge on any atom is 0.226 e. The molecule has 148 valence electrons. The lowest BCUT2D eigenvalue weighted by Crippen LogP contribution is -2.60. The normalized spacial score (nSPS) is 38.2. The molecule has 4 aliphatic carbocycles. The van der Waals surface area contributed by atoms with Gasteiger partial charge < -0.3 is 5.32 Å². The van der Waals surface area contributed by atoms with Crippen LogP contribution in [0.3, 0.4) is 0 Å². The Morgan fingerprint density at radius 2 is 1.56 bits per heavy atom. The maximum atomic E-state index is 13.6. The Bertz CT molecular complexity index is 700. The largest absolute Gasteiger partial charge is 0.349 e. The summed E-state index contributed by atoms with van der Waals surface area (Å²) in [5, 5.41) is 3.48. The quantitative estimate of drug-likeness (QED) is 0.643. The second-order valence-corrected chi connectivity index (χ2v) is 11.2. The molecule has 27 heavy (non-hydrogen) atoms. The lowest BCUT2D eigenvalue weighted by Gasteiger charge is -2.64. The van der Waals surface area contributed by atoms with E-state index in [1.54, 1.807) is 0 Å². The Balaban J connectivity index is 1.54. The van der Waals surface area contributed by atoms with Crippen molar-refractivity contribution in [1.29, 1.82) is 0 Å². The summed E-state index contributed by atoms with van der Waals surface area (Å²) < 4.78 is 0. The fourth-order valence-corrected chi connectivity index (χ4v) is 7.55. The van der Waals surface area contributed by atoms with Crippen LogP contribution in [0.1, 0.15) is 103 Å². The molecular weight excluding hydrogens is 330 g/mol. The lowest BCUT2D eigenvalue weighted by molar-refractivity contribution is -0.170. The van der Waals surface area contributed by atoms with Gasteiger partial charge in [-0.2, -0.15) is 0 Å². The Morgan fingerprint density at radius 1 is 1.00 bits per heavy atom. The molecule has 0 saturated heterocycles. The summed E-state index contributed by atoms with van der Waals surface area (Å²) in [4.78, 5) is 13.6. The summed E-state index contributed by atoms with van der Waals surface area (Å²) in [5.41, 5.74) is 3.26. The van der Waals surface area contributed by atoms with Gasteiger partial charge in [0.15, 0.2) is 0 Å². The smallest absolute Gasteiger partial charge is 0.226 e. The second-order valence-electron chi connectivity index (χ2n) is 11.2. The van der Waals surface area contributed by atoms with E-state index in [9.17, 15) is 4.79 Å². The third-order valence-corrected chi connectivity index (χ3v) is 7.83. The molecule has 0 aliphatic heterocycles. The van der Waals surface area contributed by atoms with Crippen molar-refractivity contribution in [3.05, 3.63) is 35.4 Å². The molecule has 3 unspecified atom stereocenters. The highest BCUT2D eigenvalue weighted by atomic mass is 16.2. The molecule has 4 saturated carbocycles. The molecule has 0 heterocycles. The van der Waals surface area contributed by atoms with E-state index in [0.717, 1.165) is 31.6 Å². The van der Waals surface area contributed by atoms with Crippen LogP contribution in [-0.2, 0) is 4.79 Å². The first-order valence-corrected chi connectivity index (χ1v) is 11.1. The zero-order valence-corrected chi connectivity index (χ0v) is 17.9. The highest BCUT2D eigenvalue weighted by molar-refractivity contribution is 5.83. The van der Waals surface area contributed by atoms with Crippen LogP contribution in [0.25, 0.3) is 0 Å². The molecule has 4 aliphatic rings. The van der Waals surface area contributed by atoms with Gasteiger partial charge in [-0.05, 0) is 78.7 Å². The van der Waals surface area contributed by atoms with Gasteiger partial charge in [-0.1, -0.05) is 58.9 Å². The highest BCUT2D eigenvalue weighted by Gasteiger charge is 2.62. The standard InChI is InChI=1S/C25H37NO/c1-6-21(20-9-7-19(8-10-20)17(2)3)26-22(27)25-13-18-11-23(4,15-25)14-24(5,12-18)16-25/h7-10,17-18,21H,6,11-16H2,1-5H3,(H,26,27). The van der Waals surface area contributed by atoms with E-state index < -0.39 is 0 Å². The van der Waals surface area contributed by atoms with Crippen molar-refractivity contribution in [3.63, 3.8) is 0 Å². The first kappa shape index (κ1) is 19.0. The number of carbonyl (C=O) groups excluding carboxylic acids is 1. The van der Waals surface area contributed by atoms with E-state index in [0.29, 0.717) is 22.7 Å². The number of hydrogen-bond donors (Lipinski definition) is 1. The molecule has 0 spiro atoms. The molecule has 5 rings (SSSR count). The molecule has 0 radical (unpaired) electrons. The van der Waals surface area contributed by atoms with Crippen LogP contribution < -0.4 is 5.32 Å². The maximum absolute atomic E-state index is 13.6. The van der Waals surface area contributed by atoms with Gasteiger partial charge in [-0.15, -0.1) is 0 Å². The Kier molecular flexibility index (Phi) is 4.48. The third kappa shape index (κ3) is 3.34. The molecule has 0 aromatic heterocycles. The summed E-state index contributed by atoms with van der Waals surface area (Å²) in [5.74, 6) is 1.64. The fourth-order valence-electron chi connectivity index (χ4n) is 7.55. The van der Waals surface area contributed by atoms with E-state index in [-0.39, 0.29) is 11.5 Å². The van der Waals surface area contributed by atoms with Gasteiger partial charge in [0.1, 0.15) is 0 Å². The average molecular weight is 368 g/mol. The van der Waals surface area contributed by atoms with Crippen LogP contribution in [0.2, 0.25) is 0 Å². The van der Waals surface area contributed by atoms with Crippen molar-refractivity contribution in [2.75, 3.05) is 0 Å². The number of nitrogens with one attached hydrogen (secondary N) is 1. The summed E-state index contributed by atoms with van der Waals surface area (Å²) in [6.45, 7) is 11.5. The van der Waals surface area contributed by atoms with Crippen molar-refractivity contribution in [2.24, 2.45) is 22.2 Å². The Morgan fingerprint density at radius 3 is 2.04 bits per heavy atom. The molecule has 3 atom stereocenters. The highest BCUT2D eigenvalue weighted by Crippen LogP contribution is 2.69. The van der Waals surface area contributed by atoms with Gasteiger partial charge in [0, 0.05) is 0 Å². The van der Waals surface area contributed by atoms with Gasteiger partial charge in [0.25, 0.3) is 0 Å². The molecule has 4 fully saturated rings. The van der Waals surface area contributed by atoms with Gasteiger partial charge in [0.2, 0.25) is 5.91 Å². The molecule has 4 bridgehead atoms. The summed E-state index contributed by atoms with van der Waals surface area (Å²) in [7, 11) is 0. The Labute approximate surface area is 165 Å². The molecule has 1 amide bonds. The lowest BCUT2D eigenvalue weighted by atomic mass is 9.40. The van der Waals surface area contributed by atoms with Crippen molar-refractivity contribution in [2.45, 2.75) is 91.5 Å². The summed E-state index contributed by atoms with van der Waals surface area (Å²) in [6, 6.07) is 9.01. The van der Waals surface area contributed by atoms with E-state index in [1.807, 2.05) is 0 Å². The van der Waals surface area contributed by atoms with E-state index in [1.165, 1.54) is 30.4 Å². The number of hydrogen-bond acceptors (Lipinski definition) is 1. The van der Waals surface area contributed by atoms with Crippen LogP contribution in [-0.4, -0.2) is 5.91 Å². The molecule has 2 nitrogen and oxygen atoms in total. The summed E-state index contributed by atoms with van der Waals surface area (Å²) >= 11 is 0. The number of rotatable bonds is 5. The molecule has 1 aromatic carbocycles. The zero-order chi connectivity index (χ0) is 19.4. The average Bonchev–Trinajstić information content (AvgIpc) is 2.56. The van der Waals surface area contributed by atoms with Crippen LogP contribution in [0.15, 0.2) is 24.3 Å². The van der Waals surface area contributed by atoms with Crippen LogP contribution in [0.4, 0.5) is 0 Å². The van der Waals surface area contributed by atoms with Crippen molar-refractivity contribution < 1.29 is 4.79 Å². The van der Waals surface area contributed by atoms with E-state index >= 15 is 0 Å². The summed E-state index contributed by atoms with van der Waals surface area (Å²) in [6.07, 6.45) is 8.26. The minimum atomic E-state index is -0.117. The SMILES string of the molecule is CCC(NC(=O)C12CC3CC(C)(CC(C)(C3)C1)C2)c1ccc(C(C)C)cc1. The minimum Gasteiger partial charge on any atom is -0.349 e. The van der Waals surface area contributed by atoms with Crippen LogP contribution >= 0.6 is 0 Å². The van der Waals surface area contributed by atoms with Crippen molar-refractivity contribution >= 4 is 5.91 Å². The van der Waals surface area contributed by atoms with Gasteiger partial charge in [0.05, 0.1) is 11.5 Å². The molecule has 1 aromatic rings. The zero-order valence-electron chi connectivity index (χ0n) is 17.9. The second kappa shape index (κ2) is 6.36. The minimum absolute atomic E-state index is 0.117. The van der Waals surface area contributed by atoms with Gasteiger partial charge >= 0.3 is 0 Å². The first-order chi connectivity index (χ1) is 12.7. The Hall–Kier alpha value is -1.31. The monoisotopic (exact) mass is 367 g/mol. The fraction of sp³-hybridized carbons (Fsp3) is 0.720. The predicted molar refractivity (Wildman–Crippen MR) is 112 cm³/mol. The third-order valence-electron chi connectivity index (χ3n) is 7.83. The van der Waals surface area contributed by atoms with Gasteiger partial charge in [-0.3, -0.25) is 4.79 Å². The molecular formula is C25H37NO. The predicted octanol–water partition coefficient (Wildman–Crippen LogP) is 6.37. The van der Waals surface area contributed by atoms with Crippen LogP contribution in [0, 0.1) is 22.2 Å². The van der Waals surface area contributed by atoms with Crippen LogP contribution in [0.5, 0.6) is 0 Å². The number of carbonyl (C=O) groups is 1. The molecule has 2 heteroatoms.